The molecular weight excluding hydrogens is 454 g/mol. The first kappa shape index (κ1) is 22.5. The molecule has 2 aromatic carbocycles. The maximum absolute atomic E-state index is 13.0. The first-order valence-corrected chi connectivity index (χ1v) is 11.1. The van der Waals surface area contributed by atoms with Crippen molar-refractivity contribution in [3.05, 3.63) is 75.9 Å². The number of ether oxygens (including phenoxy) is 1. The van der Waals surface area contributed by atoms with Crippen molar-refractivity contribution in [2.24, 2.45) is 23.7 Å². The van der Waals surface area contributed by atoms with Gasteiger partial charge in [-0.25, -0.2) is 4.79 Å². The van der Waals surface area contributed by atoms with Gasteiger partial charge in [-0.3, -0.25) is 29.4 Å². The monoisotopic (exact) mass is 475 g/mol. The zero-order valence-corrected chi connectivity index (χ0v) is 18.7. The van der Waals surface area contributed by atoms with Crippen LogP contribution in [0, 0.1) is 33.8 Å². The number of rotatable bonds is 6. The van der Waals surface area contributed by atoms with Gasteiger partial charge in [0.25, 0.3) is 11.6 Å². The smallest absolute Gasteiger partial charge is 0.338 e. The lowest BCUT2D eigenvalue weighted by molar-refractivity contribution is -0.384. The Balaban J connectivity index is 1.20. The fourth-order valence-electron chi connectivity index (χ4n) is 5.38. The molecule has 1 saturated heterocycles. The number of carbonyl (C=O) groups is 4. The SMILES string of the molecule is CC1=C[C@H]2C[C@H]1[C@H]1C(=O)N(c3ccc(C(=O)OCC(=O)Nc4cccc([N+](=O)[O-])c4)cc3)C(=O)[C@@H]12. The molecule has 1 N–H and O–H groups in total. The lowest BCUT2D eigenvalue weighted by Crippen LogP contribution is -2.33. The van der Waals surface area contributed by atoms with Crippen molar-refractivity contribution >= 4 is 40.8 Å². The standard InChI is InChI=1S/C25H21N3O7/c1-13-9-15-10-19(13)22-21(15)23(30)27(24(22)31)17-7-5-14(6-8-17)25(32)35-12-20(29)26-16-3-2-4-18(11-16)28(33)34/h2-9,11,15,19,21-22H,10,12H2,1H3,(H,26,29)/t15-,19+,21+,22+/m0/s1. The number of nitro benzene ring substituents is 1. The van der Waals surface area contributed by atoms with Gasteiger partial charge in [0.15, 0.2) is 6.61 Å². The van der Waals surface area contributed by atoms with Crippen LogP contribution in [-0.2, 0) is 19.1 Å². The van der Waals surface area contributed by atoms with Crippen LogP contribution in [0.5, 0.6) is 0 Å². The molecular formula is C25H21N3O7. The minimum atomic E-state index is -0.764. The highest BCUT2D eigenvalue weighted by Gasteiger charge is 2.60. The van der Waals surface area contributed by atoms with Crippen LogP contribution in [0.15, 0.2) is 60.2 Å². The Kier molecular flexibility index (Phi) is 5.43. The maximum Gasteiger partial charge on any atom is 0.338 e. The van der Waals surface area contributed by atoms with Crippen molar-refractivity contribution in [3.8, 4) is 0 Å². The van der Waals surface area contributed by atoms with Crippen molar-refractivity contribution in [1.82, 2.24) is 0 Å². The number of nitrogens with one attached hydrogen (secondary N) is 1. The van der Waals surface area contributed by atoms with Crippen LogP contribution in [0.1, 0.15) is 23.7 Å². The summed E-state index contributed by atoms with van der Waals surface area (Å²) >= 11 is 0. The fraction of sp³-hybridized carbons (Fsp3) is 0.280. The third kappa shape index (κ3) is 3.86. The number of nitro groups is 1. The molecule has 1 aliphatic heterocycles. The molecule has 2 fully saturated rings. The molecule has 1 heterocycles. The molecule has 5 rings (SSSR count). The highest BCUT2D eigenvalue weighted by Crippen LogP contribution is 2.55. The van der Waals surface area contributed by atoms with Crippen molar-refractivity contribution < 1.29 is 28.8 Å². The number of benzene rings is 2. The van der Waals surface area contributed by atoms with Crippen molar-refractivity contribution in [3.63, 3.8) is 0 Å². The topological polar surface area (TPSA) is 136 Å². The normalized spacial score (nSPS) is 24.3. The summed E-state index contributed by atoms with van der Waals surface area (Å²) in [6.45, 7) is 1.41. The highest BCUT2D eigenvalue weighted by atomic mass is 16.6. The molecule has 10 nitrogen and oxygen atoms in total. The van der Waals surface area contributed by atoms with Crippen molar-refractivity contribution in [1.29, 1.82) is 0 Å². The summed E-state index contributed by atoms with van der Waals surface area (Å²) in [5.41, 5.74) is 1.73. The number of anilines is 2. The van der Waals surface area contributed by atoms with Gasteiger partial charge in [-0.2, -0.15) is 0 Å². The number of non-ortho nitro benzene ring substituents is 1. The number of nitrogens with zero attached hydrogens (tertiary/aromatic N) is 2. The van der Waals surface area contributed by atoms with E-state index in [-0.39, 0.29) is 52.4 Å². The largest absolute Gasteiger partial charge is 0.452 e. The van der Waals surface area contributed by atoms with Gasteiger partial charge in [0.1, 0.15) is 0 Å². The Labute approximate surface area is 199 Å². The zero-order chi connectivity index (χ0) is 24.9. The third-order valence-corrected chi connectivity index (χ3v) is 6.92. The maximum atomic E-state index is 13.0. The van der Waals surface area contributed by atoms with E-state index in [1.165, 1.54) is 59.0 Å². The summed E-state index contributed by atoms with van der Waals surface area (Å²) in [5, 5.41) is 13.3. The number of hydrogen-bond acceptors (Lipinski definition) is 7. The Morgan fingerprint density at radius 1 is 1.11 bits per heavy atom. The Bertz CT molecular complexity index is 1300. The van der Waals surface area contributed by atoms with Gasteiger partial charge < -0.3 is 10.1 Å². The molecule has 2 bridgehead atoms. The lowest BCUT2D eigenvalue weighted by atomic mass is 9.82. The van der Waals surface area contributed by atoms with Gasteiger partial charge in [0, 0.05) is 17.8 Å². The second-order valence-corrected chi connectivity index (χ2v) is 8.96. The first-order chi connectivity index (χ1) is 16.7. The zero-order valence-electron chi connectivity index (χ0n) is 18.7. The van der Waals surface area contributed by atoms with Crippen LogP contribution >= 0.6 is 0 Å². The number of esters is 1. The number of allylic oxidation sites excluding steroid dienone is 2. The van der Waals surface area contributed by atoms with E-state index in [0.29, 0.717) is 5.69 Å². The fourth-order valence-corrected chi connectivity index (χ4v) is 5.38. The van der Waals surface area contributed by atoms with Crippen LogP contribution in [0.2, 0.25) is 0 Å². The number of amides is 3. The molecule has 1 saturated carbocycles. The molecule has 4 atom stereocenters. The van der Waals surface area contributed by atoms with Gasteiger partial charge >= 0.3 is 5.97 Å². The quantitative estimate of drug-likeness (QED) is 0.223. The van der Waals surface area contributed by atoms with Gasteiger partial charge in [0.05, 0.1) is 28.0 Å². The molecule has 0 radical (unpaired) electrons. The van der Waals surface area contributed by atoms with E-state index < -0.39 is 23.4 Å². The van der Waals surface area contributed by atoms with Crippen molar-refractivity contribution in [2.45, 2.75) is 13.3 Å². The molecule has 2 aromatic rings. The summed E-state index contributed by atoms with van der Waals surface area (Å²) in [6, 6.07) is 11.3. The summed E-state index contributed by atoms with van der Waals surface area (Å²) in [4.78, 5) is 61.9. The van der Waals surface area contributed by atoms with E-state index in [0.717, 1.165) is 6.42 Å². The lowest BCUT2D eigenvalue weighted by Gasteiger charge is -2.19. The molecule has 0 aromatic heterocycles. The summed E-state index contributed by atoms with van der Waals surface area (Å²) in [5.74, 6) is -2.23. The molecule has 2 aliphatic carbocycles. The summed E-state index contributed by atoms with van der Waals surface area (Å²) < 4.78 is 5.02. The van der Waals surface area contributed by atoms with Gasteiger partial charge in [-0.1, -0.05) is 17.7 Å². The first-order valence-electron chi connectivity index (χ1n) is 11.1. The number of carbonyl (C=O) groups excluding carboxylic acids is 4. The molecule has 178 valence electrons. The van der Waals surface area contributed by atoms with E-state index in [2.05, 4.69) is 11.4 Å². The third-order valence-electron chi connectivity index (χ3n) is 6.92. The van der Waals surface area contributed by atoms with Crippen LogP contribution in [0.25, 0.3) is 0 Å². The molecule has 0 spiro atoms. The Morgan fingerprint density at radius 2 is 1.83 bits per heavy atom. The minimum absolute atomic E-state index is 0.105. The Morgan fingerprint density at radius 3 is 2.54 bits per heavy atom. The van der Waals surface area contributed by atoms with Crippen molar-refractivity contribution in [2.75, 3.05) is 16.8 Å². The van der Waals surface area contributed by atoms with E-state index in [9.17, 15) is 29.3 Å². The van der Waals surface area contributed by atoms with E-state index in [1.54, 1.807) is 0 Å². The molecule has 3 aliphatic rings. The van der Waals surface area contributed by atoms with Crippen LogP contribution in [-0.4, -0.2) is 35.2 Å². The van der Waals surface area contributed by atoms with Crippen LogP contribution < -0.4 is 10.2 Å². The molecule has 35 heavy (non-hydrogen) atoms. The predicted molar refractivity (Wildman–Crippen MR) is 123 cm³/mol. The summed E-state index contributed by atoms with van der Waals surface area (Å²) in [7, 11) is 0. The number of imide groups is 1. The van der Waals surface area contributed by atoms with E-state index in [4.69, 9.17) is 4.74 Å². The predicted octanol–water partition coefficient (Wildman–Crippen LogP) is 3.09. The number of hydrogen-bond donors (Lipinski definition) is 1. The van der Waals surface area contributed by atoms with Gasteiger partial charge in [-0.15, -0.1) is 0 Å². The average molecular weight is 475 g/mol. The van der Waals surface area contributed by atoms with Gasteiger partial charge in [0.2, 0.25) is 11.8 Å². The van der Waals surface area contributed by atoms with E-state index in [1.807, 2.05) is 6.92 Å². The van der Waals surface area contributed by atoms with E-state index >= 15 is 0 Å². The second kappa shape index (κ2) is 8.46. The Hall–Kier alpha value is -4.34. The van der Waals surface area contributed by atoms with Crippen LogP contribution in [0.3, 0.4) is 0 Å². The average Bonchev–Trinajstić information content (AvgIpc) is 3.48. The minimum Gasteiger partial charge on any atom is -0.452 e. The molecule has 0 unspecified atom stereocenters. The van der Waals surface area contributed by atoms with Gasteiger partial charge in [-0.05, 0) is 55.5 Å². The van der Waals surface area contributed by atoms with Crippen LogP contribution in [0.4, 0.5) is 17.1 Å². The summed E-state index contributed by atoms with van der Waals surface area (Å²) in [6.07, 6.45) is 2.96. The highest BCUT2D eigenvalue weighted by molar-refractivity contribution is 6.23. The second-order valence-electron chi connectivity index (χ2n) is 8.96. The molecule has 3 amide bonds. The molecule has 10 heteroatoms. The number of fused-ring (bicyclic) bond motifs is 5.